The summed E-state index contributed by atoms with van der Waals surface area (Å²) >= 11 is 3.22. The van der Waals surface area contributed by atoms with E-state index in [1.165, 1.54) is 12.5 Å². The van der Waals surface area contributed by atoms with Gasteiger partial charge in [0.15, 0.2) is 0 Å². The van der Waals surface area contributed by atoms with E-state index in [0.29, 0.717) is 29.7 Å². The van der Waals surface area contributed by atoms with Gasteiger partial charge in [0.25, 0.3) is 5.91 Å². The average molecular weight is 272 g/mol. The molecule has 15 heavy (non-hydrogen) atoms. The van der Waals surface area contributed by atoms with E-state index in [-0.39, 0.29) is 5.91 Å². The molecule has 0 aromatic carbocycles. The van der Waals surface area contributed by atoms with Crippen molar-refractivity contribution in [3.63, 3.8) is 0 Å². The second kappa shape index (κ2) is 4.24. The Labute approximate surface area is 95.3 Å². The van der Waals surface area contributed by atoms with Gasteiger partial charge in [-0.25, -0.2) is 9.97 Å². The summed E-state index contributed by atoms with van der Waals surface area (Å²) in [5.74, 6) is -0.166. The Balaban J connectivity index is 2.18. The maximum Gasteiger partial charge on any atom is 0.273 e. The Morgan fingerprint density at radius 2 is 2.47 bits per heavy atom. The second-order valence-electron chi connectivity index (χ2n) is 3.41. The van der Waals surface area contributed by atoms with Gasteiger partial charge in [-0.05, 0) is 22.4 Å². The standard InChI is InChI=1S/C9H10BrN3O2/c10-7-3-11-5-12-8(7)9(15)13-2-1-6(14)4-13/h3,5-6,14H,1-2,4H2. The molecule has 1 fully saturated rings. The lowest BCUT2D eigenvalue weighted by Crippen LogP contribution is -2.30. The SMILES string of the molecule is O=C(c1ncncc1Br)N1CCC(O)C1. The summed E-state index contributed by atoms with van der Waals surface area (Å²) in [5, 5.41) is 9.33. The summed E-state index contributed by atoms with van der Waals surface area (Å²) in [6.45, 7) is 0.964. The summed E-state index contributed by atoms with van der Waals surface area (Å²) < 4.78 is 0.580. The molecule has 2 heterocycles. The number of hydrogen-bond acceptors (Lipinski definition) is 4. The third kappa shape index (κ3) is 2.15. The van der Waals surface area contributed by atoms with Gasteiger partial charge in [0.1, 0.15) is 12.0 Å². The van der Waals surface area contributed by atoms with Crippen molar-refractivity contribution in [1.29, 1.82) is 0 Å². The number of aromatic nitrogens is 2. The first-order valence-electron chi connectivity index (χ1n) is 4.61. The van der Waals surface area contributed by atoms with Crippen molar-refractivity contribution in [2.45, 2.75) is 12.5 Å². The molecule has 80 valence electrons. The number of hydrogen-bond donors (Lipinski definition) is 1. The van der Waals surface area contributed by atoms with Gasteiger partial charge in [-0.3, -0.25) is 4.79 Å². The van der Waals surface area contributed by atoms with E-state index in [9.17, 15) is 9.90 Å². The lowest BCUT2D eigenvalue weighted by molar-refractivity contribution is 0.0758. The summed E-state index contributed by atoms with van der Waals surface area (Å²) in [4.78, 5) is 21.2. The highest BCUT2D eigenvalue weighted by atomic mass is 79.9. The van der Waals surface area contributed by atoms with Gasteiger partial charge in [0.2, 0.25) is 0 Å². The smallest absolute Gasteiger partial charge is 0.273 e. The topological polar surface area (TPSA) is 66.3 Å². The van der Waals surface area contributed by atoms with Crippen molar-refractivity contribution in [2.75, 3.05) is 13.1 Å². The molecule has 0 radical (unpaired) electrons. The van der Waals surface area contributed by atoms with Gasteiger partial charge in [-0.2, -0.15) is 0 Å². The Kier molecular flexibility index (Phi) is 2.97. The summed E-state index contributed by atoms with van der Waals surface area (Å²) in [6, 6.07) is 0. The average Bonchev–Trinajstić information content (AvgIpc) is 2.65. The minimum absolute atomic E-state index is 0.166. The summed E-state index contributed by atoms with van der Waals surface area (Å²) in [7, 11) is 0. The molecule has 0 saturated carbocycles. The molecule has 0 aliphatic carbocycles. The maximum atomic E-state index is 11.9. The maximum absolute atomic E-state index is 11.9. The minimum atomic E-state index is -0.408. The Hall–Kier alpha value is -1.01. The first-order valence-corrected chi connectivity index (χ1v) is 5.40. The zero-order valence-corrected chi connectivity index (χ0v) is 9.51. The van der Waals surface area contributed by atoms with Crippen LogP contribution < -0.4 is 0 Å². The number of rotatable bonds is 1. The Bertz CT molecular complexity index is 385. The second-order valence-corrected chi connectivity index (χ2v) is 4.27. The molecule has 0 bridgehead atoms. The number of likely N-dealkylation sites (tertiary alicyclic amines) is 1. The fraction of sp³-hybridized carbons (Fsp3) is 0.444. The lowest BCUT2D eigenvalue weighted by Gasteiger charge is -2.15. The lowest BCUT2D eigenvalue weighted by atomic mass is 10.3. The quantitative estimate of drug-likeness (QED) is 0.805. The van der Waals surface area contributed by atoms with Crippen LogP contribution in [0.1, 0.15) is 16.9 Å². The molecular formula is C9H10BrN3O2. The number of carbonyl (C=O) groups excluding carboxylic acids is 1. The van der Waals surface area contributed by atoms with Crippen molar-refractivity contribution in [3.8, 4) is 0 Å². The summed E-state index contributed by atoms with van der Waals surface area (Å²) in [6.07, 6.45) is 3.10. The van der Waals surface area contributed by atoms with E-state index in [1.54, 1.807) is 4.90 Å². The predicted octanol–water partition coefficient (Wildman–Crippen LogP) is 0.446. The normalized spacial score (nSPS) is 20.7. The third-order valence-electron chi connectivity index (χ3n) is 2.32. The monoisotopic (exact) mass is 271 g/mol. The molecule has 2 rings (SSSR count). The van der Waals surface area contributed by atoms with E-state index in [0.717, 1.165) is 0 Å². The van der Waals surface area contributed by atoms with Gasteiger partial charge in [-0.1, -0.05) is 0 Å². The minimum Gasteiger partial charge on any atom is -0.391 e. The van der Waals surface area contributed by atoms with E-state index in [2.05, 4.69) is 25.9 Å². The highest BCUT2D eigenvalue weighted by Gasteiger charge is 2.27. The number of halogens is 1. The number of nitrogens with zero attached hydrogens (tertiary/aromatic N) is 3. The number of aliphatic hydroxyl groups excluding tert-OH is 1. The van der Waals surface area contributed by atoms with Crippen LogP contribution in [0, 0.1) is 0 Å². The van der Waals surface area contributed by atoms with Crippen LogP contribution in [0.4, 0.5) is 0 Å². The molecule has 1 aliphatic heterocycles. The van der Waals surface area contributed by atoms with Crippen LogP contribution in [-0.2, 0) is 0 Å². The van der Waals surface area contributed by atoms with E-state index in [4.69, 9.17) is 0 Å². The van der Waals surface area contributed by atoms with E-state index < -0.39 is 6.10 Å². The molecule has 1 amide bonds. The van der Waals surface area contributed by atoms with Crippen molar-refractivity contribution in [3.05, 3.63) is 22.7 Å². The third-order valence-corrected chi connectivity index (χ3v) is 2.90. The largest absolute Gasteiger partial charge is 0.391 e. The van der Waals surface area contributed by atoms with Crippen LogP contribution in [-0.4, -0.2) is 45.1 Å². The predicted molar refractivity (Wildman–Crippen MR) is 56.3 cm³/mol. The van der Waals surface area contributed by atoms with Crippen LogP contribution in [0.25, 0.3) is 0 Å². The zero-order chi connectivity index (χ0) is 10.8. The molecule has 1 atom stereocenters. The van der Waals surface area contributed by atoms with Gasteiger partial charge in [0.05, 0.1) is 10.6 Å². The van der Waals surface area contributed by atoms with Crippen molar-refractivity contribution < 1.29 is 9.90 Å². The molecule has 1 saturated heterocycles. The first kappa shape index (κ1) is 10.5. The summed E-state index contributed by atoms with van der Waals surface area (Å²) in [5.41, 5.74) is 0.346. The van der Waals surface area contributed by atoms with Crippen LogP contribution in [0.2, 0.25) is 0 Å². The number of β-amino-alcohol motifs (C(OH)–C–C–N with tert-alkyl or cyclic N) is 1. The Morgan fingerprint density at radius 1 is 1.67 bits per heavy atom. The molecular weight excluding hydrogens is 262 g/mol. The van der Waals surface area contributed by atoms with Gasteiger partial charge < -0.3 is 10.0 Å². The van der Waals surface area contributed by atoms with Crippen LogP contribution in [0.5, 0.6) is 0 Å². The fourth-order valence-corrected chi connectivity index (χ4v) is 1.94. The van der Waals surface area contributed by atoms with Gasteiger partial charge >= 0.3 is 0 Å². The highest BCUT2D eigenvalue weighted by Crippen LogP contribution is 2.17. The molecule has 5 nitrogen and oxygen atoms in total. The Morgan fingerprint density at radius 3 is 3.07 bits per heavy atom. The van der Waals surface area contributed by atoms with Crippen LogP contribution in [0.3, 0.4) is 0 Å². The number of carbonyl (C=O) groups is 1. The van der Waals surface area contributed by atoms with Gasteiger partial charge in [0, 0.05) is 19.3 Å². The van der Waals surface area contributed by atoms with Gasteiger partial charge in [-0.15, -0.1) is 0 Å². The number of aliphatic hydroxyl groups is 1. The van der Waals surface area contributed by atoms with Crippen LogP contribution in [0.15, 0.2) is 17.0 Å². The molecule has 1 unspecified atom stereocenters. The molecule has 1 aromatic heterocycles. The van der Waals surface area contributed by atoms with Crippen molar-refractivity contribution in [2.24, 2.45) is 0 Å². The molecule has 6 heteroatoms. The molecule has 0 spiro atoms. The van der Waals surface area contributed by atoms with Crippen LogP contribution >= 0.6 is 15.9 Å². The number of amides is 1. The fourth-order valence-electron chi connectivity index (χ4n) is 1.55. The molecule has 1 aliphatic rings. The van der Waals surface area contributed by atoms with E-state index >= 15 is 0 Å². The molecule has 1 N–H and O–H groups in total. The van der Waals surface area contributed by atoms with Crippen molar-refractivity contribution in [1.82, 2.24) is 14.9 Å². The highest BCUT2D eigenvalue weighted by molar-refractivity contribution is 9.10. The first-order chi connectivity index (χ1) is 7.18. The van der Waals surface area contributed by atoms with E-state index in [1.807, 2.05) is 0 Å². The van der Waals surface area contributed by atoms with Crippen molar-refractivity contribution >= 4 is 21.8 Å². The zero-order valence-electron chi connectivity index (χ0n) is 7.93. The molecule has 1 aromatic rings.